The molecule has 0 aliphatic carbocycles. The monoisotopic (exact) mass is 199 g/mol. The molecule has 0 atom stereocenters. The summed E-state index contributed by atoms with van der Waals surface area (Å²) in [6.45, 7) is 6.63. The minimum Gasteiger partial charge on any atom is -0.363 e. The number of hydrogen-bond acceptors (Lipinski definition) is 4. The van der Waals surface area contributed by atoms with E-state index in [1.54, 1.807) is 11.3 Å². The van der Waals surface area contributed by atoms with Gasteiger partial charge in [-0.15, -0.1) is 10.2 Å². The molecule has 0 aromatic carbocycles. The Kier molecular flexibility index (Phi) is 3.25. The maximum atomic E-state index is 4.18. The maximum absolute atomic E-state index is 4.18. The SMILES string of the molecule is CCCC(C)(C)c1nnc(NC)s1. The highest BCUT2D eigenvalue weighted by Gasteiger charge is 2.23. The van der Waals surface area contributed by atoms with Crippen molar-refractivity contribution in [3.05, 3.63) is 5.01 Å². The fourth-order valence-corrected chi connectivity index (χ4v) is 2.16. The summed E-state index contributed by atoms with van der Waals surface area (Å²) in [6, 6.07) is 0. The number of nitrogens with one attached hydrogen (secondary N) is 1. The third-order valence-corrected chi connectivity index (χ3v) is 3.40. The van der Waals surface area contributed by atoms with E-state index in [0.717, 1.165) is 16.6 Å². The Labute approximate surface area is 83.6 Å². The van der Waals surface area contributed by atoms with Crippen molar-refractivity contribution in [2.45, 2.75) is 39.0 Å². The van der Waals surface area contributed by atoms with E-state index in [1.807, 2.05) is 7.05 Å². The summed E-state index contributed by atoms with van der Waals surface area (Å²) in [4.78, 5) is 0. The third kappa shape index (κ3) is 2.40. The molecular weight excluding hydrogens is 182 g/mol. The minimum atomic E-state index is 0.168. The molecule has 1 N–H and O–H groups in total. The first-order valence-electron chi connectivity index (χ1n) is 4.62. The smallest absolute Gasteiger partial charge is 0.205 e. The van der Waals surface area contributed by atoms with Crippen LogP contribution in [0.25, 0.3) is 0 Å². The van der Waals surface area contributed by atoms with Crippen molar-refractivity contribution in [3.63, 3.8) is 0 Å². The van der Waals surface area contributed by atoms with Crippen LogP contribution in [0.4, 0.5) is 5.13 Å². The summed E-state index contributed by atoms with van der Waals surface area (Å²) in [7, 11) is 1.87. The van der Waals surface area contributed by atoms with Crippen LogP contribution in [-0.4, -0.2) is 17.2 Å². The van der Waals surface area contributed by atoms with E-state index >= 15 is 0 Å². The van der Waals surface area contributed by atoms with Gasteiger partial charge in [0.15, 0.2) is 0 Å². The lowest BCUT2D eigenvalue weighted by atomic mass is 9.89. The summed E-state index contributed by atoms with van der Waals surface area (Å²) in [6.07, 6.45) is 2.34. The first-order chi connectivity index (χ1) is 6.10. The molecule has 0 spiro atoms. The highest BCUT2D eigenvalue weighted by molar-refractivity contribution is 7.15. The van der Waals surface area contributed by atoms with E-state index in [9.17, 15) is 0 Å². The summed E-state index contributed by atoms with van der Waals surface area (Å²) >= 11 is 1.65. The Morgan fingerprint density at radius 1 is 1.38 bits per heavy atom. The molecule has 0 bridgehead atoms. The summed E-state index contributed by atoms with van der Waals surface area (Å²) < 4.78 is 0. The summed E-state index contributed by atoms with van der Waals surface area (Å²) in [5.74, 6) is 0. The Morgan fingerprint density at radius 3 is 2.54 bits per heavy atom. The molecule has 0 aliphatic rings. The first-order valence-corrected chi connectivity index (χ1v) is 5.43. The molecule has 0 unspecified atom stereocenters. The van der Waals surface area contributed by atoms with Gasteiger partial charge in [0, 0.05) is 12.5 Å². The van der Waals surface area contributed by atoms with Crippen LogP contribution in [0, 0.1) is 0 Å². The van der Waals surface area contributed by atoms with Gasteiger partial charge in [-0.05, 0) is 6.42 Å². The molecule has 1 rings (SSSR count). The van der Waals surface area contributed by atoms with Crippen molar-refractivity contribution in [1.29, 1.82) is 0 Å². The molecule has 0 amide bonds. The quantitative estimate of drug-likeness (QED) is 0.810. The predicted molar refractivity (Wildman–Crippen MR) is 57.4 cm³/mol. The normalized spacial score (nSPS) is 11.7. The Morgan fingerprint density at radius 2 is 2.08 bits per heavy atom. The molecule has 1 heterocycles. The number of hydrogen-bond donors (Lipinski definition) is 1. The van der Waals surface area contributed by atoms with Crippen molar-refractivity contribution in [1.82, 2.24) is 10.2 Å². The maximum Gasteiger partial charge on any atom is 0.205 e. The molecule has 1 aromatic rings. The molecule has 0 fully saturated rings. The van der Waals surface area contributed by atoms with Gasteiger partial charge >= 0.3 is 0 Å². The minimum absolute atomic E-state index is 0.168. The highest BCUT2D eigenvalue weighted by atomic mass is 32.1. The summed E-state index contributed by atoms with van der Waals surface area (Å²) in [5, 5.41) is 13.3. The Balaban J connectivity index is 2.80. The van der Waals surface area contributed by atoms with Crippen molar-refractivity contribution in [2.24, 2.45) is 0 Å². The number of anilines is 1. The number of nitrogens with zero attached hydrogens (tertiary/aromatic N) is 2. The lowest BCUT2D eigenvalue weighted by Gasteiger charge is -2.19. The van der Waals surface area contributed by atoms with Gasteiger partial charge in [0.2, 0.25) is 5.13 Å². The molecule has 0 aliphatic heterocycles. The second-order valence-corrected chi connectivity index (χ2v) is 4.77. The van der Waals surface area contributed by atoms with Crippen molar-refractivity contribution >= 4 is 16.5 Å². The zero-order valence-electron chi connectivity index (χ0n) is 8.72. The van der Waals surface area contributed by atoms with E-state index in [-0.39, 0.29) is 5.41 Å². The lowest BCUT2D eigenvalue weighted by molar-refractivity contribution is 0.467. The van der Waals surface area contributed by atoms with Crippen LogP contribution < -0.4 is 5.32 Å². The Hall–Kier alpha value is -0.640. The molecular formula is C9H17N3S. The van der Waals surface area contributed by atoms with Gasteiger partial charge in [0.1, 0.15) is 5.01 Å². The molecule has 74 valence electrons. The highest BCUT2D eigenvalue weighted by Crippen LogP contribution is 2.31. The van der Waals surface area contributed by atoms with Gasteiger partial charge in [-0.3, -0.25) is 0 Å². The standard InChI is InChI=1S/C9H17N3S/c1-5-6-9(2,3)7-11-12-8(10-4)13-7/h5-6H2,1-4H3,(H,10,12). The van der Waals surface area contributed by atoms with Gasteiger partial charge in [-0.2, -0.15) is 0 Å². The van der Waals surface area contributed by atoms with E-state index in [0.29, 0.717) is 0 Å². The molecule has 13 heavy (non-hydrogen) atoms. The van der Waals surface area contributed by atoms with E-state index in [1.165, 1.54) is 6.42 Å². The number of aromatic nitrogens is 2. The zero-order valence-corrected chi connectivity index (χ0v) is 9.53. The molecule has 0 radical (unpaired) electrons. The third-order valence-electron chi connectivity index (χ3n) is 2.09. The molecule has 3 nitrogen and oxygen atoms in total. The van der Waals surface area contributed by atoms with Gasteiger partial charge < -0.3 is 5.32 Å². The molecule has 1 aromatic heterocycles. The van der Waals surface area contributed by atoms with Crippen LogP contribution in [0.15, 0.2) is 0 Å². The van der Waals surface area contributed by atoms with Gasteiger partial charge in [-0.25, -0.2) is 0 Å². The van der Waals surface area contributed by atoms with Gasteiger partial charge in [0.05, 0.1) is 0 Å². The molecule has 0 saturated heterocycles. The van der Waals surface area contributed by atoms with E-state index < -0.39 is 0 Å². The topological polar surface area (TPSA) is 37.8 Å². The van der Waals surface area contributed by atoms with Crippen LogP contribution >= 0.6 is 11.3 Å². The van der Waals surface area contributed by atoms with E-state index in [4.69, 9.17) is 0 Å². The average molecular weight is 199 g/mol. The number of rotatable bonds is 4. The molecule has 4 heteroatoms. The largest absolute Gasteiger partial charge is 0.363 e. The lowest BCUT2D eigenvalue weighted by Crippen LogP contribution is -2.16. The van der Waals surface area contributed by atoms with Crippen LogP contribution in [0.1, 0.15) is 38.6 Å². The second kappa shape index (κ2) is 4.05. The van der Waals surface area contributed by atoms with Crippen LogP contribution in [0.2, 0.25) is 0 Å². The van der Waals surface area contributed by atoms with Crippen LogP contribution in [0.5, 0.6) is 0 Å². The van der Waals surface area contributed by atoms with Crippen molar-refractivity contribution < 1.29 is 0 Å². The van der Waals surface area contributed by atoms with Crippen LogP contribution in [0.3, 0.4) is 0 Å². The second-order valence-electron chi connectivity index (χ2n) is 3.80. The average Bonchev–Trinajstić information content (AvgIpc) is 2.52. The predicted octanol–water partition coefficient (Wildman–Crippen LogP) is 2.66. The van der Waals surface area contributed by atoms with Crippen molar-refractivity contribution in [3.8, 4) is 0 Å². The van der Waals surface area contributed by atoms with Crippen molar-refractivity contribution in [2.75, 3.05) is 12.4 Å². The van der Waals surface area contributed by atoms with Gasteiger partial charge in [-0.1, -0.05) is 38.5 Å². The first kappa shape index (κ1) is 10.4. The van der Waals surface area contributed by atoms with Gasteiger partial charge in [0.25, 0.3) is 0 Å². The fraction of sp³-hybridized carbons (Fsp3) is 0.778. The zero-order chi connectivity index (χ0) is 9.90. The van der Waals surface area contributed by atoms with E-state index in [2.05, 4.69) is 36.3 Å². The molecule has 0 saturated carbocycles. The fourth-order valence-electron chi connectivity index (χ4n) is 1.33. The van der Waals surface area contributed by atoms with Crippen LogP contribution in [-0.2, 0) is 5.41 Å². The summed E-state index contributed by atoms with van der Waals surface area (Å²) in [5.41, 5.74) is 0.168. The Bertz CT molecular complexity index is 268.